The zero-order chi connectivity index (χ0) is 21.8. The molecule has 2 fully saturated rings. The molecule has 2 aromatic carbocycles. The highest BCUT2D eigenvalue weighted by Gasteiger charge is 2.30. The standard InChI is InChI=1S/C23H23N3O4S/c1-25-21(27)20(15-16-3-5-17(6-4-16)22(28)29-2)31-23(25)24-18-7-9-19(10-8-18)26-11-13-30-14-12-26/h3-10,15H,11-14H2,1-2H3/b20-15+,24-23?. The second-order valence-corrected chi connectivity index (χ2v) is 8.11. The number of likely N-dealkylation sites (N-methyl/N-ethyl adjacent to an activating group) is 1. The number of nitrogens with zero attached hydrogens (tertiary/aromatic N) is 3. The first kappa shape index (κ1) is 21.1. The lowest BCUT2D eigenvalue weighted by Gasteiger charge is -2.28. The van der Waals surface area contributed by atoms with Crippen molar-refractivity contribution in [3.8, 4) is 0 Å². The lowest BCUT2D eigenvalue weighted by atomic mass is 10.1. The van der Waals surface area contributed by atoms with Crippen LogP contribution in [-0.2, 0) is 14.3 Å². The van der Waals surface area contributed by atoms with Crippen LogP contribution in [0.2, 0.25) is 0 Å². The van der Waals surface area contributed by atoms with Gasteiger partial charge in [-0.25, -0.2) is 9.79 Å². The minimum Gasteiger partial charge on any atom is -0.465 e. The highest BCUT2D eigenvalue weighted by atomic mass is 32.2. The Bertz CT molecular complexity index is 1030. The first-order chi connectivity index (χ1) is 15.0. The van der Waals surface area contributed by atoms with Crippen molar-refractivity contribution in [3.05, 3.63) is 64.6 Å². The van der Waals surface area contributed by atoms with Crippen molar-refractivity contribution in [3.63, 3.8) is 0 Å². The smallest absolute Gasteiger partial charge is 0.337 e. The van der Waals surface area contributed by atoms with Gasteiger partial charge in [-0.15, -0.1) is 0 Å². The molecule has 2 aromatic rings. The van der Waals surface area contributed by atoms with E-state index in [1.807, 2.05) is 24.3 Å². The van der Waals surface area contributed by atoms with E-state index >= 15 is 0 Å². The number of aliphatic imine (C=N–C) groups is 1. The summed E-state index contributed by atoms with van der Waals surface area (Å²) in [6.45, 7) is 3.26. The Labute approximate surface area is 185 Å². The van der Waals surface area contributed by atoms with E-state index in [1.165, 1.54) is 18.9 Å². The molecule has 0 unspecified atom stereocenters. The monoisotopic (exact) mass is 437 g/mol. The molecule has 0 aliphatic carbocycles. The van der Waals surface area contributed by atoms with Crippen LogP contribution in [0.3, 0.4) is 0 Å². The van der Waals surface area contributed by atoms with Crippen molar-refractivity contribution in [1.82, 2.24) is 4.90 Å². The summed E-state index contributed by atoms with van der Waals surface area (Å²) in [6, 6.07) is 14.9. The SMILES string of the molecule is COC(=O)c1ccc(/C=C2/SC(=Nc3ccc(N4CCOCC4)cc3)N(C)C2=O)cc1. The fourth-order valence-corrected chi connectivity index (χ4v) is 4.29. The van der Waals surface area contributed by atoms with Crippen LogP contribution in [0.1, 0.15) is 15.9 Å². The molecule has 8 heteroatoms. The number of amidine groups is 1. The van der Waals surface area contributed by atoms with Crippen LogP contribution in [0.5, 0.6) is 0 Å². The first-order valence-electron chi connectivity index (χ1n) is 9.92. The summed E-state index contributed by atoms with van der Waals surface area (Å²) < 4.78 is 10.1. The molecule has 0 saturated carbocycles. The summed E-state index contributed by atoms with van der Waals surface area (Å²) >= 11 is 1.33. The number of thioether (sulfide) groups is 1. The second kappa shape index (κ2) is 9.36. The lowest BCUT2D eigenvalue weighted by Crippen LogP contribution is -2.36. The zero-order valence-electron chi connectivity index (χ0n) is 17.4. The number of hydrogen-bond donors (Lipinski definition) is 0. The molecule has 0 spiro atoms. The number of hydrogen-bond acceptors (Lipinski definition) is 7. The number of carbonyl (C=O) groups is 2. The van der Waals surface area contributed by atoms with Crippen LogP contribution in [-0.4, -0.2) is 62.4 Å². The van der Waals surface area contributed by atoms with Gasteiger partial charge in [-0.2, -0.15) is 0 Å². The number of ether oxygens (including phenoxy) is 2. The predicted molar refractivity (Wildman–Crippen MR) is 123 cm³/mol. The van der Waals surface area contributed by atoms with Crippen molar-refractivity contribution in [1.29, 1.82) is 0 Å². The predicted octanol–water partition coefficient (Wildman–Crippen LogP) is 3.54. The molecule has 4 rings (SSSR count). The van der Waals surface area contributed by atoms with Gasteiger partial charge in [0, 0.05) is 25.8 Å². The van der Waals surface area contributed by atoms with Gasteiger partial charge in [0.25, 0.3) is 5.91 Å². The van der Waals surface area contributed by atoms with Gasteiger partial charge in [0.15, 0.2) is 5.17 Å². The summed E-state index contributed by atoms with van der Waals surface area (Å²) in [7, 11) is 3.07. The maximum absolute atomic E-state index is 12.7. The molecular weight excluding hydrogens is 414 g/mol. The van der Waals surface area contributed by atoms with Gasteiger partial charge >= 0.3 is 5.97 Å². The van der Waals surface area contributed by atoms with Crippen molar-refractivity contribution < 1.29 is 19.1 Å². The minimum absolute atomic E-state index is 0.106. The average Bonchev–Trinajstić information content (AvgIpc) is 3.07. The molecule has 0 radical (unpaired) electrons. The van der Waals surface area contributed by atoms with E-state index in [9.17, 15) is 9.59 Å². The summed E-state index contributed by atoms with van der Waals surface area (Å²) in [6.07, 6.45) is 1.80. The fourth-order valence-electron chi connectivity index (χ4n) is 3.31. The third-order valence-corrected chi connectivity index (χ3v) is 6.14. The summed E-state index contributed by atoms with van der Waals surface area (Å²) in [5, 5.41) is 0.626. The number of carbonyl (C=O) groups excluding carboxylic acids is 2. The maximum atomic E-state index is 12.7. The lowest BCUT2D eigenvalue weighted by molar-refractivity contribution is -0.121. The molecule has 2 aliphatic rings. The average molecular weight is 438 g/mol. The van der Waals surface area contributed by atoms with Crippen LogP contribution in [0.15, 0.2) is 58.4 Å². The van der Waals surface area contributed by atoms with Crippen LogP contribution < -0.4 is 4.90 Å². The van der Waals surface area contributed by atoms with Crippen molar-refractivity contribution in [2.24, 2.45) is 4.99 Å². The summed E-state index contributed by atoms with van der Waals surface area (Å²) in [5.74, 6) is -0.495. The summed E-state index contributed by atoms with van der Waals surface area (Å²) in [5.41, 5.74) is 3.23. The Balaban J connectivity index is 1.49. The van der Waals surface area contributed by atoms with E-state index in [0.29, 0.717) is 15.6 Å². The molecule has 0 aromatic heterocycles. The first-order valence-corrected chi connectivity index (χ1v) is 10.7. The molecule has 160 valence electrons. The zero-order valence-corrected chi connectivity index (χ0v) is 18.2. The second-order valence-electron chi connectivity index (χ2n) is 7.10. The molecule has 0 N–H and O–H groups in total. The third-order valence-electron chi connectivity index (χ3n) is 5.08. The van der Waals surface area contributed by atoms with Crippen LogP contribution >= 0.6 is 11.8 Å². The Morgan fingerprint density at radius 3 is 2.42 bits per heavy atom. The van der Waals surface area contributed by atoms with E-state index in [2.05, 4.69) is 9.89 Å². The number of esters is 1. The Kier molecular flexibility index (Phi) is 6.39. The van der Waals surface area contributed by atoms with Crippen LogP contribution in [0.25, 0.3) is 6.08 Å². The quantitative estimate of drug-likeness (QED) is 0.538. The number of benzene rings is 2. The number of anilines is 1. The highest BCUT2D eigenvalue weighted by molar-refractivity contribution is 8.18. The number of morpholine rings is 1. The largest absolute Gasteiger partial charge is 0.465 e. The Morgan fingerprint density at radius 1 is 1.10 bits per heavy atom. The molecular formula is C23H23N3O4S. The van der Waals surface area contributed by atoms with Gasteiger partial charge < -0.3 is 14.4 Å². The maximum Gasteiger partial charge on any atom is 0.337 e. The normalized spacial score (nSPS) is 19.4. The van der Waals surface area contributed by atoms with Gasteiger partial charge in [0.1, 0.15) is 0 Å². The highest BCUT2D eigenvalue weighted by Crippen LogP contribution is 2.33. The molecule has 0 bridgehead atoms. The number of methoxy groups -OCH3 is 1. The summed E-state index contributed by atoms with van der Waals surface area (Å²) in [4.78, 5) is 33.3. The van der Waals surface area contributed by atoms with E-state index < -0.39 is 0 Å². The molecule has 2 heterocycles. The molecule has 7 nitrogen and oxygen atoms in total. The fraction of sp³-hybridized carbons (Fsp3) is 0.261. The molecule has 2 aliphatic heterocycles. The van der Waals surface area contributed by atoms with Gasteiger partial charge in [-0.05, 0) is 59.8 Å². The van der Waals surface area contributed by atoms with E-state index in [-0.39, 0.29) is 11.9 Å². The Morgan fingerprint density at radius 2 is 1.77 bits per heavy atom. The van der Waals surface area contributed by atoms with Crippen LogP contribution in [0, 0.1) is 0 Å². The molecule has 0 atom stereocenters. The van der Waals surface area contributed by atoms with Gasteiger partial charge in [0.2, 0.25) is 0 Å². The number of rotatable bonds is 4. The van der Waals surface area contributed by atoms with Crippen LogP contribution in [0.4, 0.5) is 11.4 Å². The van der Waals surface area contributed by atoms with E-state index in [1.54, 1.807) is 42.3 Å². The molecule has 2 saturated heterocycles. The molecule has 1 amide bonds. The van der Waals surface area contributed by atoms with Crippen molar-refractivity contribution in [2.75, 3.05) is 45.4 Å². The molecule has 31 heavy (non-hydrogen) atoms. The van der Waals surface area contributed by atoms with Crippen molar-refractivity contribution >= 4 is 46.3 Å². The number of amides is 1. The van der Waals surface area contributed by atoms with Gasteiger partial charge in [-0.3, -0.25) is 9.69 Å². The van der Waals surface area contributed by atoms with Gasteiger partial charge in [0.05, 0.1) is 36.5 Å². The van der Waals surface area contributed by atoms with E-state index in [4.69, 9.17) is 9.47 Å². The third kappa shape index (κ3) is 4.81. The minimum atomic E-state index is -0.390. The Hall–Kier alpha value is -3.10. The topological polar surface area (TPSA) is 71.4 Å². The van der Waals surface area contributed by atoms with Gasteiger partial charge in [-0.1, -0.05) is 12.1 Å². The van der Waals surface area contributed by atoms with Crippen molar-refractivity contribution in [2.45, 2.75) is 0 Å². The van der Waals surface area contributed by atoms with E-state index in [0.717, 1.165) is 43.2 Å².